The molecule has 5 heteroatoms. The van der Waals surface area contributed by atoms with E-state index in [2.05, 4.69) is 10.1 Å². The maximum absolute atomic E-state index is 6.00. The minimum absolute atomic E-state index is 0.407. The lowest BCUT2D eigenvalue weighted by Gasteiger charge is -1.99. The topological polar surface area (TPSA) is 64.9 Å². The van der Waals surface area contributed by atoms with Crippen LogP contribution in [0.3, 0.4) is 0 Å². The van der Waals surface area contributed by atoms with Gasteiger partial charge in [0, 0.05) is 12.1 Å². The summed E-state index contributed by atoms with van der Waals surface area (Å²) in [5, 5.41) is 4.35. The lowest BCUT2D eigenvalue weighted by atomic mass is 10.2. The van der Waals surface area contributed by atoms with Crippen LogP contribution < -0.4 is 5.73 Å². The van der Waals surface area contributed by atoms with Gasteiger partial charge in [-0.3, -0.25) is 0 Å². The van der Waals surface area contributed by atoms with E-state index in [1.54, 1.807) is 18.2 Å². The molecule has 1 heterocycles. The number of nitrogens with two attached hydrogens (primary N) is 1. The molecule has 0 aliphatic rings. The Hall–Kier alpha value is -1.55. The predicted molar refractivity (Wildman–Crippen MR) is 58.5 cm³/mol. The molecule has 0 atom stereocenters. The molecule has 15 heavy (non-hydrogen) atoms. The number of nitrogen functional groups attached to an aromatic ring is 1. The first kappa shape index (κ1) is 9.98. The van der Waals surface area contributed by atoms with Gasteiger partial charge in [-0.05, 0) is 18.2 Å². The predicted octanol–water partition coefficient (Wildman–Crippen LogP) is 2.53. The number of halogens is 1. The fraction of sp³-hybridized carbons (Fsp3) is 0.200. The number of nitrogens with zero attached hydrogens (tertiary/aromatic N) is 2. The van der Waals surface area contributed by atoms with Gasteiger partial charge in [-0.2, -0.15) is 4.98 Å². The molecule has 2 aromatic rings. The molecule has 2 rings (SSSR count). The third-order valence-corrected chi connectivity index (χ3v) is 2.33. The molecule has 0 radical (unpaired) electrons. The molecule has 0 spiro atoms. The summed E-state index contributed by atoms with van der Waals surface area (Å²) in [6, 6.07) is 5.15. The van der Waals surface area contributed by atoms with Crippen molar-refractivity contribution in [1.29, 1.82) is 0 Å². The highest BCUT2D eigenvalue weighted by atomic mass is 35.5. The molecular formula is C10H10ClN3O. The quantitative estimate of drug-likeness (QED) is 0.795. The van der Waals surface area contributed by atoms with E-state index in [9.17, 15) is 0 Å². The highest BCUT2D eigenvalue weighted by Crippen LogP contribution is 2.28. The first-order valence-corrected chi connectivity index (χ1v) is 4.96. The summed E-state index contributed by atoms with van der Waals surface area (Å²) in [5.41, 5.74) is 6.94. The second kappa shape index (κ2) is 3.90. The minimum atomic E-state index is 0.407. The Morgan fingerprint density at radius 3 is 2.93 bits per heavy atom. The third kappa shape index (κ3) is 1.94. The summed E-state index contributed by atoms with van der Waals surface area (Å²) in [4.78, 5) is 4.18. The highest BCUT2D eigenvalue weighted by molar-refractivity contribution is 6.33. The maximum Gasteiger partial charge on any atom is 0.259 e. The fourth-order valence-electron chi connectivity index (χ4n) is 1.21. The molecule has 1 aromatic carbocycles. The Labute approximate surface area is 92.0 Å². The highest BCUT2D eigenvalue weighted by Gasteiger charge is 2.11. The van der Waals surface area contributed by atoms with Crippen LogP contribution in [0.25, 0.3) is 11.5 Å². The Kier molecular flexibility index (Phi) is 2.60. The van der Waals surface area contributed by atoms with Crippen LogP contribution in [0, 0.1) is 0 Å². The van der Waals surface area contributed by atoms with Crippen molar-refractivity contribution in [2.75, 3.05) is 5.73 Å². The zero-order chi connectivity index (χ0) is 10.8. The zero-order valence-corrected chi connectivity index (χ0v) is 8.95. The van der Waals surface area contributed by atoms with Crippen LogP contribution in [0.2, 0.25) is 5.02 Å². The van der Waals surface area contributed by atoms with Crippen molar-refractivity contribution in [1.82, 2.24) is 10.1 Å². The molecule has 0 aliphatic heterocycles. The SMILES string of the molecule is CCc1noc(-c2cc(N)ccc2Cl)n1. The standard InChI is InChI=1S/C10H10ClN3O/c1-2-9-13-10(15-14-9)7-5-6(12)3-4-8(7)11/h3-5H,2,12H2,1H3. The Morgan fingerprint density at radius 1 is 1.47 bits per heavy atom. The average Bonchev–Trinajstić information content (AvgIpc) is 2.70. The number of benzene rings is 1. The maximum atomic E-state index is 6.00. The summed E-state index contributed by atoms with van der Waals surface area (Å²) in [5.74, 6) is 1.06. The fourth-order valence-corrected chi connectivity index (χ4v) is 1.41. The lowest BCUT2D eigenvalue weighted by Crippen LogP contribution is -1.87. The smallest absolute Gasteiger partial charge is 0.259 e. The minimum Gasteiger partial charge on any atom is -0.399 e. The molecule has 0 fully saturated rings. The summed E-state index contributed by atoms with van der Waals surface area (Å²) in [6.07, 6.45) is 0.726. The number of hydrogen-bond donors (Lipinski definition) is 1. The van der Waals surface area contributed by atoms with Crippen LogP contribution in [-0.4, -0.2) is 10.1 Å². The summed E-state index contributed by atoms with van der Waals surface area (Å²) in [7, 11) is 0. The van der Waals surface area contributed by atoms with E-state index in [0.29, 0.717) is 28.0 Å². The number of hydrogen-bond acceptors (Lipinski definition) is 4. The van der Waals surface area contributed by atoms with Gasteiger partial charge >= 0.3 is 0 Å². The van der Waals surface area contributed by atoms with E-state index in [4.69, 9.17) is 21.9 Å². The summed E-state index contributed by atoms with van der Waals surface area (Å²) >= 11 is 6.00. The van der Waals surface area contributed by atoms with Gasteiger partial charge in [0.1, 0.15) is 0 Å². The lowest BCUT2D eigenvalue weighted by molar-refractivity contribution is 0.423. The second-order valence-corrected chi connectivity index (χ2v) is 3.52. The van der Waals surface area contributed by atoms with Crippen molar-refractivity contribution in [3.05, 3.63) is 29.0 Å². The zero-order valence-electron chi connectivity index (χ0n) is 8.20. The third-order valence-electron chi connectivity index (χ3n) is 2.01. The molecule has 0 bridgehead atoms. The van der Waals surface area contributed by atoms with Gasteiger partial charge in [-0.1, -0.05) is 23.7 Å². The van der Waals surface area contributed by atoms with Crippen LogP contribution >= 0.6 is 11.6 Å². The number of aryl methyl sites for hydroxylation is 1. The monoisotopic (exact) mass is 223 g/mol. The number of aromatic nitrogens is 2. The van der Waals surface area contributed by atoms with Crippen molar-refractivity contribution >= 4 is 17.3 Å². The van der Waals surface area contributed by atoms with E-state index in [0.717, 1.165) is 6.42 Å². The summed E-state index contributed by atoms with van der Waals surface area (Å²) in [6.45, 7) is 1.95. The first-order chi connectivity index (χ1) is 7.20. The molecule has 1 aromatic heterocycles. The van der Waals surface area contributed by atoms with E-state index in [1.807, 2.05) is 6.92 Å². The van der Waals surface area contributed by atoms with Gasteiger partial charge in [-0.15, -0.1) is 0 Å². The van der Waals surface area contributed by atoms with Gasteiger partial charge in [0.05, 0.1) is 10.6 Å². The van der Waals surface area contributed by atoms with Crippen molar-refractivity contribution < 1.29 is 4.52 Å². The van der Waals surface area contributed by atoms with Crippen molar-refractivity contribution in [2.24, 2.45) is 0 Å². The van der Waals surface area contributed by atoms with E-state index in [1.165, 1.54) is 0 Å². The van der Waals surface area contributed by atoms with Crippen molar-refractivity contribution in [2.45, 2.75) is 13.3 Å². The van der Waals surface area contributed by atoms with Gasteiger partial charge in [0.25, 0.3) is 5.89 Å². The van der Waals surface area contributed by atoms with Crippen LogP contribution in [0.4, 0.5) is 5.69 Å². The van der Waals surface area contributed by atoms with Crippen molar-refractivity contribution in [3.63, 3.8) is 0 Å². The van der Waals surface area contributed by atoms with E-state index < -0.39 is 0 Å². The molecule has 0 unspecified atom stereocenters. The molecule has 0 aliphatic carbocycles. The molecule has 0 saturated carbocycles. The van der Waals surface area contributed by atoms with Crippen molar-refractivity contribution in [3.8, 4) is 11.5 Å². The normalized spacial score (nSPS) is 10.5. The van der Waals surface area contributed by atoms with Crippen LogP contribution in [-0.2, 0) is 6.42 Å². The molecule has 4 nitrogen and oxygen atoms in total. The molecule has 2 N–H and O–H groups in total. The first-order valence-electron chi connectivity index (χ1n) is 4.58. The molecule has 0 amide bonds. The largest absolute Gasteiger partial charge is 0.399 e. The molecule has 0 saturated heterocycles. The summed E-state index contributed by atoms with van der Waals surface area (Å²) < 4.78 is 5.08. The van der Waals surface area contributed by atoms with Gasteiger partial charge in [0.2, 0.25) is 0 Å². The number of anilines is 1. The van der Waals surface area contributed by atoms with Gasteiger partial charge in [-0.25, -0.2) is 0 Å². The van der Waals surface area contributed by atoms with Crippen LogP contribution in [0.1, 0.15) is 12.7 Å². The van der Waals surface area contributed by atoms with Crippen LogP contribution in [0.5, 0.6) is 0 Å². The Bertz CT molecular complexity index is 481. The second-order valence-electron chi connectivity index (χ2n) is 3.11. The number of rotatable bonds is 2. The van der Waals surface area contributed by atoms with Gasteiger partial charge < -0.3 is 10.3 Å². The Morgan fingerprint density at radius 2 is 2.27 bits per heavy atom. The van der Waals surface area contributed by atoms with E-state index in [-0.39, 0.29) is 0 Å². The van der Waals surface area contributed by atoms with Crippen LogP contribution in [0.15, 0.2) is 22.7 Å². The molecular weight excluding hydrogens is 214 g/mol. The molecule has 78 valence electrons. The van der Waals surface area contributed by atoms with Gasteiger partial charge in [0.15, 0.2) is 5.82 Å². The Balaban J connectivity index is 2.48. The van der Waals surface area contributed by atoms with E-state index >= 15 is 0 Å². The average molecular weight is 224 g/mol.